The fourth-order valence-corrected chi connectivity index (χ4v) is 6.59. The maximum atomic E-state index is 13.2. The molecule has 8 atom stereocenters. The average Bonchev–Trinajstić information content (AvgIpc) is 3.35. The number of hydrogen-bond acceptors (Lipinski definition) is 13. The van der Waals surface area contributed by atoms with Crippen molar-refractivity contribution in [3.05, 3.63) is 35.1 Å². The molecule has 44 heavy (non-hydrogen) atoms. The summed E-state index contributed by atoms with van der Waals surface area (Å²) in [5.74, 6) is -8.94. The Balaban J connectivity index is 1.62. The third kappa shape index (κ3) is 5.29. The average molecular weight is 622 g/mol. The first-order valence-corrected chi connectivity index (χ1v) is 14.0. The first-order valence-electron chi connectivity index (χ1n) is 14.0. The van der Waals surface area contributed by atoms with Crippen LogP contribution in [0.3, 0.4) is 0 Å². The van der Waals surface area contributed by atoms with Crippen molar-refractivity contribution >= 4 is 29.7 Å². The second-order valence-corrected chi connectivity index (χ2v) is 11.2. The number of phenolic OH excluding ortho intramolecular Hbond substituents is 1. The van der Waals surface area contributed by atoms with Crippen LogP contribution in [0, 0.1) is 5.92 Å². The number of likely N-dealkylation sites (N-methyl/N-ethyl adjacent to an activating group) is 1. The Morgan fingerprint density at radius 2 is 1.77 bits per heavy atom. The minimum Gasteiger partial charge on any atom is -0.504 e. The highest BCUT2D eigenvalue weighted by Crippen LogP contribution is 2.63. The van der Waals surface area contributed by atoms with E-state index in [9.17, 15) is 44.4 Å². The molecule has 0 radical (unpaired) electrons. The fourth-order valence-electron chi connectivity index (χ4n) is 6.59. The number of carboxylic acids is 2. The van der Waals surface area contributed by atoms with Gasteiger partial charge in [-0.25, -0.2) is 9.59 Å². The molecule has 4 rings (SSSR count). The zero-order valence-corrected chi connectivity index (χ0v) is 24.2. The molecule has 1 aliphatic heterocycles. The van der Waals surface area contributed by atoms with Crippen LogP contribution in [0.5, 0.6) is 11.5 Å². The second kappa shape index (κ2) is 12.1. The molecule has 1 aromatic carbocycles. The van der Waals surface area contributed by atoms with Gasteiger partial charge in [-0.15, -0.1) is 0 Å². The molecule has 15 nitrogen and oxygen atoms in total. The third-order valence-electron chi connectivity index (χ3n) is 8.85. The highest BCUT2D eigenvalue weighted by atomic mass is 16.6. The third-order valence-corrected chi connectivity index (χ3v) is 8.85. The Morgan fingerprint density at radius 1 is 1.09 bits per heavy atom. The number of carboxylic acid groups (broad SMARTS) is 2. The van der Waals surface area contributed by atoms with E-state index in [-0.39, 0.29) is 23.7 Å². The van der Waals surface area contributed by atoms with E-state index in [1.165, 1.54) is 12.1 Å². The predicted octanol–water partition coefficient (Wildman–Crippen LogP) is -0.705. The molecule has 0 saturated carbocycles. The van der Waals surface area contributed by atoms with E-state index in [2.05, 4.69) is 5.32 Å². The Labute approximate surface area is 251 Å². The van der Waals surface area contributed by atoms with Crippen LogP contribution in [0.25, 0.3) is 0 Å². The van der Waals surface area contributed by atoms with Gasteiger partial charge in [0.05, 0.1) is 23.4 Å². The number of rotatable bonds is 13. The van der Waals surface area contributed by atoms with Gasteiger partial charge in [0.25, 0.3) is 0 Å². The maximum Gasteiger partial charge on any atom is 0.344 e. The quantitative estimate of drug-likeness (QED) is 0.135. The molecular formula is C29H35NO14. The fraction of sp³-hybridized carbons (Fsp3) is 0.552. The SMILES string of the molecule is CC[C@]12c3c4ccc(O)c3O[C@H]1C(OC(=O)C[C@H](CC(=O)[C@H](O)[C@@H](O)C(=O)O)C(=O)O[C@@H](C)C(=O)O)=CC[C@@]2(O)[C@H](NC)C4. The molecular weight excluding hydrogens is 586 g/mol. The lowest BCUT2D eigenvalue weighted by molar-refractivity contribution is -0.169. The topological polar surface area (TPSA) is 246 Å². The maximum absolute atomic E-state index is 13.2. The molecule has 240 valence electrons. The minimum absolute atomic E-state index is 0.0166. The summed E-state index contributed by atoms with van der Waals surface area (Å²) in [5, 5.41) is 63.4. The molecule has 2 aliphatic carbocycles. The van der Waals surface area contributed by atoms with E-state index in [1.807, 2.05) is 6.92 Å². The highest BCUT2D eigenvalue weighted by molar-refractivity contribution is 5.93. The number of aliphatic hydroxyl groups excluding tert-OH is 2. The Kier molecular flexibility index (Phi) is 9.07. The molecule has 0 saturated heterocycles. The van der Waals surface area contributed by atoms with Gasteiger partial charge in [-0.1, -0.05) is 13.0 Å². The normalized spacial score (nSPS) is 27.5. The molecule has 1 heterocycles. The van der Waals surface area contributed by atoms with Crippen LogP contribution >= 0.6 is 0 Å². The van der Waals surface area contributed by atoms with Crippen molar-refractivity contribution in [1.82, 2.24) is 5.32 Å². The predicted molar refractivity (Wildman–Crippen MR) is 145 cm³/mol. The van der Waals surface area contributed by atoms with Crippen molar-refractivity contribution in [2.45, 2.75) is 87.4 Å². The smallest absolute Gasteiger partial charge is 0.344 e. The van der Waals surface area contributed by atoms with Crippen molar-refractivity contribution in [1.29, 1.82) is 0 Å². The monoisotopic (exact) mass is 621 g/mol. The van der Waals surface area contributed by atoms with Gasteiger partial charge >= 0.3 is 23.9 Å². The number of nitrogens with one attached hydrogen (secondary N) is 1. The van der Waals surface area contributed by atoms with Crippen LogP contribution in [0.2, 0.25) is 0 Å². The van der Waals surface area contributed by atoms with Gasteiger partial charge in [0.15, 0.2) is 35.6 Å². The van der Waals surface area contributed by atoms with Gasteiger partial charge in [-0.3, -0.25) is 14.4 Å². The number of ketones is 1. The number of phenols is 1. The van der Waals surface area contributed by atoms with Crippen LogP contribution in [0.15, 0.2) is 24.0 Å². The summed E-state index contributed by atoms with van der Waals surface area (Å²) in [6, 6.07) is 2.79. The Bertz CT molecular complexity index is 1410. The number of carbonyl (C=O) groups is 5. The van der Waals surface area contributed by atoms with Crippen molar-refractivity contribution in [2.24, 2.45) is 5.92 Å². The first kappa shape index (κ1) is 32.9. The van der Waals surface area contributed by atoms with E-state index < -0.39 is 89.9 Å². The molecule has 3 aliphatic rings. The summed E-state index contributed by atoms with van der Waals surface area (Å²) >= 11 is 0. The summed E-state index contributed by atoms with van der Waals surface area (Å²) in [6.07, 6.45) is -7.35. The first-order chi connectivity index (χ1) is 20.6. The molecule has 0 amide bonds. The van der Waals surface area contributed by atoms with Crippen LogP contribution in [0.1, 0.15) is 50.7 Å². The summed E-state index contributed by atoms with van der Waals surface area (Å²) in [4.78, 5) is 60.8. The van der Waals surface area contributed by atoms with Crippen molar-refractivity contribution in [3.8, 4) is 11.5 Å². The molecule has 0 fully saturated rings. The number of aliphatic carboxylic acids is 2. The zero-order chi connectivity index (χ0) is 32.7. The van der Waals surface area contributed by atoms with Crippen LogP contribution in [-0.4, -0.2) is 103 Å². The number of esters is 2. The minimum atomic E-state index is -2.51. The standard InChI is InChI=1S/C29H35NO14/c1-4-28-20-13-5-6-15(31)23(20)44-24(28)17(7-8-29(28,41)18(10-13)30-3)43-19(33)11-14(27(40)42-12(2)25(36)37)9-16(32)21(34)22(35)26(38)39/h5-7,12,14,18,21-22,24,30-31,34-35,41H,4,8-11H2,1-3H3,(H,36,37)(H,38,39)/t12-,14-,18+,21-,22+,24-,28-,29+/m0/s1. The van der Waals surface area contributed by atoms with Gasteiger partial charge in [0.1, 0.15) is 11.9 Å². The van der Waals surface area contributed by atoms with E-state index in [1.54, 1.807) is 13.1 Å². The van der Waals surface area contributed by atoms with Crippen molar-refractivity contribution in [3.63, 3.8) is 0 Å². The van der Waals surface area contributed by atoms with Gasteiger partial charge < -0.3 is 50.2 Å². The van der Waals surface area contributed by atoms with Crippen LogP contribution < -0.4 is 10.1 Å². The summed E-state index contributed by atoms with van der Waals surface area (Å²) in [5.41, 5.74) is -1.15. The molecule has 0 bridgehead atoms. The lowest BCUT2D eigenvalue weighted by atomic mass is 9.52. The van der Waals surface area contributed by atoms with Gasteiger partial charge in [0, 0.05) is 24.4 Å². The van der Waals surface area contributed by atoms with Gasteiger partial charge in [0.2, 0.25) is 0 Å². The van der Waals surface area contributed by atoms with E-state index in [0.717, 1.165) is 12.5 Å². The summed E-state index contributed by atoms with van der Waals surface area (Å²) < 4.78 is 16.6. The van der Waals surface area contributed by atoms with Crippen molar-refractivity contribution in [2.75, 3.05) is 7.05 Å². The number of aliphatic hydroxyl groups is 3. The van der Waals surface area contributed by atoms with Crippen molar-refractivity contribution < 1.29 is 68.8 Å². The van der Waals surface area contributed by atoms with Gasteiger partial charge in [-0.05, 0) is 44.5 Å². The Morgan fingerprint density at radius 3 is 2.36 bits per heavy atom. The Hall–Kier alpha value is -4.05. The number of hydrogen-bond donors (Lipinski definition) is 7. The van der Waals surface area contributed by atoms with Crippen LogP contribution in [0.4, 0.5) is 0 Å². The molecule has 0 spiro atoms. The molecule has 1 aromatic rings. The van der Waals surface area contributed by atoms with E-state index in [0.29, 0.717) is 18.4 Å². The number of aromatic hydroxyl groups is 1. The molecule has 7 N–H and O–H groups in total. The number of ether oxygens (including phenoxy) is 3. The highest BCUT2D eigenvalue weighted by Gasteiger charge is 2.69. The largest absolute Gasteiger partial charge is 0.504 e. The second-order valence-electron chi connectivity index (χ2n) is 11.2. The number of benzene rings is 1. The van der Waals surface area contributed by atoms with E-state index >= 15 is 0 Å². The lowest BCUT2D eigenvalue weighted by Crippen LogP contribution is -2.70. The van der Waals surface area contributed by atoms with E-state index in [4.69, 9.17) is 24.4 Å². The summed E-state index contributed by atoms with van der Waals surface area (Å²) in [7, 11) is 1.71. The lowest BCUT2D eigenvalue weighted by Gasteiger charge is -2.56. The molecule has 0 aromatic heterocycles. The summed E-state index contributed by atoms with van der Waals surface area (Å²) in [6.45, 7) is 2.85. The van der Waals surface area contributed by atoms with Crippen LogP contribution in [-0.2, 0) is 45.3 Å². The van der Waals surface area contributed by atoms with Gasteiger partial charge in [-0.2, -0.15) is 0 Å². The number of carbonyl (C=O) groups excluding carboxylic acids is 3. The number of Topliss-reactive ketones (excluding diaryl/α,β-unsaturated/α-hetero) is 1. The molecule has 0 unspecified atom stereocenters. The molecule has 15 heteroatoms. The zero-order valence-electron chi connectivity index (χ0n) is 24.2.